The normalized spacial score (nSPS) is 48.7. The molecule has 0 amide bonds. The van der Waals surface area contributed by atoms with Crippen LogP contribution in [0.5, 0.6) is 0 Å². The first kappa shape index (κ1) is 24.7. The monoisotopic (exact) mass is 560 g/mol. The Balaban J connectivity index is 1.68. The molecule has 182 valence electrons. The molecule has 4 aliphatic rings. The smallest absolute Gasteiger partial charge is 0.302 e. The van der Waals surface area contributed by atoms with Crippen LogP contribution in [0.25, 0.3) is 0 Å². The van der Waals surface area contributed by atoms with E-state index >= 15 is 0 Å². The maximum Gasteiger partial charge on any atom is 0.302 e. The van der Waals surface area contributed by atoms with Crippen LogP contribution in [0.15, 0.2) is 0 Å². The molecule has 1 N–H and O–H groups in total. The average molecular weight is 561 g/mol. The second-order valence-corrected chi connectivity index (χ2v) is 12.7. The van der Waals surface area contributed by atoms with Gasteiger partial charge in [-0.3, -0.25) is 9.59 Å². The quantitative estimate of drug-likeness (QED) is 0.292. The molecule has 0 bridgehead atoms. The third-order valence-corrected chi connectivity index (χ3v) is 11.8. The van der Waals surface area contributed by atoms with E-state index in [2.05, 4.69) is 43.4 Å². The highest BCUT2D eigenvalue weighted by atomic mass is 127. The van der Waals surface area contributed by atoms with Gasteiger partial charge >= 0.3 is 11.9 Å². The van der Waals surface area contributed by atoms with Crippen LogP contribution in [0.4, 0.5) is 0 Å². The van der Waals surface area contributed by atoms with Gasteiger partial charge in [-0.25, -0.2) is 0 Å². The lowest BCUT2D eigenvalue weighted by Crippen LogP contribution is -2.63. The van der Waals surface area contributed by atoms with Crippen molar-refractivity contribution >= 4 is 34.5 Å². The fourth-order valence-electron chi connectivity index (χ4n) is 8.87. The standard InChI is InChI=1S/C26H41IO5/c1-14(13-27)19-6-7-20-24-21(12-23(30)26(19,20)5)25(4)9-8-18(31-15(2)28)10-17(25)11-22(24)32-16(3)29/h14,17-24,30H,6-13H2,1-5H3/t14-,17?,18-,19-,20?,21?,22-,23+,24?,25+,26-/m1/s1. The number of alkyl halides is 1. The number of fused-ring (bicyclic) bond motifs is 5. The Morgan fingerprint density at radius 1 is 1.03 bits per heavy atom. The molecule has 0 aromatic carbocycles. The summed E-state index contributed by atoms with van der Waals surface area (Å²) in [6.45, 7) is 10.1. The van der Waals surface area contributed by atoms with Crippen molar-refractivity contribution in [3.63, 3.8) is 0 Å². The van der Waals surface area contributed by atoms with Gasteiger partial charge in [0.15, 0.2) is 0 Å². The van der Waals surface area contributed by atoms with Crippen molar-refractivity contribution in [2.75, 3.05) is 4.43 Å². The van der Waals surface area contributed by atoms with Gasteiger partial charge in [-0.15, -0.1) is 0 Å². The molecule has 0 radical (unpaired) electrons. The minimum Gasteiger partial charge on any atom is -0.463 e. The fourth-order valence-corrected chi connectivity index (χ4v) is 9.49. The SMILES string of the molecule is CC(=O)O[C@@H]1CC[C@@]2(C)C(C1)C[C@@H](OC(C)=O)C1C2C[C@H](O)[C@@]2(C)C1CC[C@@H]2[C@H](C)CI. The van der Waals surface area contributed by atoms with Crippen molar-refractivity contribution in [3.05, 3.63) is 0 Å². The predicted octanol–water partition coefficient (Wildman–Crippen LogP) is 5.16. The van der Waals surface area contributed by atoms with E-state index in [1.807, 2.05) is 0 Å². The maximum absolute atomic E-state index is 12.1. The van der Waals surface area contributed by atoms with Crippen LogP contribution in [0.3, 0.4) is 0 Å². The topological polar surface area (TPSA) is 72.8 Å². The van der Waals surface area contributed by atoms with Crippen molar-refractivity contribution in [3.8, 4) is 0 Å². The van der Waals surface area contributed by atoms with Crippen LogP contribution < -0.4 is 0 Å². The van der Waals surface area contributed by atoms with E-state index in [1.54, 1.807) is 0 Å². The number of hydrogen-bond donors (Lipinski definition) is 1. The first-order chi connectivity index (χ1) is 15.0. The molecule has 0 heterocycles. The summed E-state index contributed by atoms with van der Waals surface area (Å²) in [5.74, 6) is 2.06. The van der Waals surface area contributed by atoms with Crippen molar-refractivity contribution in [1.29, 1.82) is 0 Å². The Bertz CT molecular complexity index is 742. The van der Waals surface area contributed by atoms with Gasteiger partial charge in [-0.2, -0.15) is 0 Å². The summed E-state index contributed by atoms with van der Waals surface area (Å²) in [5, 5.41) is 11.7. The molecule has 0 aromatic heterocycles. The Labute approximate surface area is 206 Å². The number of carbonyl (C=O) groups excluding carboxylic acids is 2. The third kappa shape index (κ3) is 3.93. The predicted molar refractivity (Wildman–Crippen MR) is 131 cm³/mol. The summed E-state index contributed by atoms with van der Waals surface area (Å²) in [6.07, 6.45) is 6.21. The molecule has 4 unspecified atom stereocenters. The number of hydrogen-bond acceptors (Lipinski definition) is 5. The zero-order valence-corrected chi connectivity index (χ0v) is 22.5. The summed E-state index contributed by atoms with van der Waals surface area (Å²) < 4.78 is 12.8. The van der Waals surface area contributed by atoms with Gasteiger partial charge in [-0.1, -0.05) is 43.4 Å². The van der Waals surface area contributed by atoms with E-state index in [9.17, 15) is 14.7 Å². The molecule has 0 saturated heterocycles. The number of esters is 2. The summed E-state index contributed by atoms with van der Waals surface area (Å²) in [4.78, 5) is 23.7. The Morgan fingerprint density at radius 2 is 1.72 bits per heavy atom. The van der Waals surface area contributed by atoms with E-state index < -0.39 is 0 Å². The lowest BCUT2D eigenvalue weighted by molar-refractivity contribution is -0.217. The van der Waals surface area contributed by atoms with Crippen molar-refractivity contribution in [1.82, 2.24) is 0 Å². The van der Waals surface area contributed by atoms with E-state index in [0.717, 1.165) is 49.4 Å². The Kier molecular flexibility index (Phi) is 6.97. The molecule has 32 heavy (non-hydrogen) atoms. The number of carbonyl (C=O) groups is 2. The Hall–Kier alpha value is -0.370. The second-order valence-electron chi connectivity index (χ2n) is 11.8. The molecule has 4 aliphatic carbocycles. The number of halogens is 1. The second kappa shape index (κ2) is 9.01. The molecule has 4 saturated carbocycles. The molecule has 4 rings (SSSR count). The van der Waals surface area contributed by atoms with Gasteiger partial charge in [0.2, 0.25) is 0 Å². The molecule has 5 nitrogen and oxygen atoms in total. The number of ether oxygens (including phenoxy) is 2. The summed E-state index contributed by atoms with van der Waals surface area (Å²) in [6, 6.07) is 0. The molecule has 4 fully saturated rings. The maximum atomic E-state index is 12.1. The highest BCUT2D eigenvalue weighted by Crippen LogP contribution is 2.68. The summed E-state index contributed by atoms with van der Waals surface area (Å²) >= 11 is 2.49. The van der Waals surface area contributed by atoms with E-state index in [1.165, 1.54) is 13.8 Å². The lowest BCUT2D eigenvalue weighted by Gasteiger charge is -2.63. The van der Waals surface area contributed by atoms with Gasteiger partial charge in [0.25, 0.3) is 0 Å². The molecular formula is C26H41IO5. The number of aliphatic hydroxyl groups is 1. The molecule has 0 aliphatic heterocycles. The largest absolute Gasteiger partial charge is 0.463 e. The fraction of sp³-hybridized carbons (Fsp3) is 0.923. The molecule has 0 spiro atoms. The number of rotatable bonds is 4. The molecular weight excluding hydrogens is 519 g/mol. The first-order valence-electron chi connectivity index (χ1n) is 12.6. The van der Waals surface area contributed by atoms with Crippen LogP contribution in [0, 0.1) is 46.3 Å². The number of aliphatic hydroxyl groups excluding tert-OH is 1. The van der Waals surface area contributed by atoms with Crippen molar-refractivity contribution < 1.29 is 24.2 Å². The van der Waals surface area contributed by atoms with Gasteiger partial charge < -0.3 is 14.6 Å². The summed E-state index contributed by atoms with van der Waals surface area (Å²) in [7, 11) is 0. The van der Waals surface area contributed by atoms with Crippen LogP contribution in [-0.4, -0.2) is 39.8 Å². The van der Waals surface area contributed by atoms with Gasteiger partial charge in [0, 0.05) is 24.2 Å². The zero-order chi connectivity index (χ0) is 23.4. The van der Waals surface area contributed by atoms with E-state index in [0.29, 0.717) is 35.5 Å². The molecule has 0 aromatic rings. The highest BCUT2D eigenvalue weighted by Gasteiger charge is 2.66. The van der Waals surface area contributed by atoms with Gasteiger partial charge in [0.05, 0.1) is 6.10 Å². The zero-order valence-electron chi connectivity index (χ0n) is 20.3. The van der Waals surface area contributed by atoms with E-state index in [4.69, 9.17) is 9.47 Å². The Morgan fingerprint density at radius 3 is 2.34 bits per heavy atom. The van der Waals surface area contributed by atoms with Crippen LogP contribution in [0.2, 0.25) is 0 Å². The van der Waals surface area contributed by atoms with Gasteiger partial charge in [-0.05, 0) is 85.4 Å². The molecule has 6 heteroatoms. The van der Waals surface area contributed by atoms with Crippen LogP contribution >= 0.6 is 22.6 Å². The van der Waals surface area contributed by atoms with E-state index in [-0.39, 0.29) is 41.1 Å². The average Bonchev–Trinajstić information content (AvgIpc) is 3.07. The van der Waals surface area contributed by atoms with Crippen LogP contribution in [-0.2, 0) is 19.1 Å². The van der Waals surface area contributed by atoms with Crippen LogP contribution in [0.1, 0.15) is 79.6 Å². The first-order valence-corrected chi connectivity index (χ1v) is 14.1. The lowest BCUT2D eigenvalue weighted by atomic mass is 9.43. The highest BCUT2D eigenvalue weighted by molar-refractivity contribution is 14.1. The van der Waals surface area contributed by atoms with Gasteiger partial charge in [0.1, 0.15) is 12.2 Å². The summed E-state index contributed by atoms with van der Waals surface area (Å²) in [5.41, 5.74) is -0.0183. The minimum absolute atomic E-state index is 0.0424. The third-order valence-electron chi connectivity index (χ3n) is 10.4. The van der Waals surface area contributed by atoms with Crippen molar-refractivity contribution in [2.45, 2.75) is 97.9 Å². The molecule has 11 atom stereocenters. The minimum atomic E-state index is -0.314. The van der Waals surface area contributed by atoms with Crippen molar-refractivity contribution in [2.24, 2.45) is 46.3 Å².